The minimum atomic E-state index is -0.655. The first-order chi connectivity index (χ1) is 21.3. The van der Waals surface area contributed by atoms with Crippen molar-refractivity contribution in [3.8, 4) is 0 Å². The fourth-order valence-corrected chi connectivity index (χ4v) is 5.93. The molecular weight excluding hydrogens is 580 g/mol. The van der Waals surface area contributed by atoms with Crippen LogP contribution in [0.4, 0.5) is 4.79 Å². The van der Waals surface area contributed by atoms with E-state index in [0.717, 1.165) is 40.8 Å². The molecule has 44 heavy (non-hydrogen) atoms. The van der Waals surface area contributed by atoms with E-state index >= 15 is 0 Å². The lowest BCUT2D eigenvalue weighted by atomic mass is 9.89. The van der Waals surface area contributed by atoms with Crippen LogP contribution in [0, 0.1) is 5.92 Å². The lowest BCUT2D eigenvalue weighted by molar-refractivity contribution is -0.125. The molecule has 3 aliphatic rings. The maximum atomic E-state index is 13.1. The highest BCUT2D eigenvalue weighted by Crippen LogP contribution is 2.42. The number of benzene rings is 1. The lowest BCUT2D eigenvalue weighted by Crippen LogP contribution is -2.50. The van der Waals surface area contributed by atoms with Crippen molar-refractivity contribution < 1.29 is 19.1 Å². The third-order valence-electron chi connectivity index (χ3n) is 8.34. The van der Waals surface area contributed by atoms with Gasteiger partial charge in [-0.3, -0.25) is 14.7 Å². The van der Waals surface area contributed by atoms with Crippen LogP contribution in [-0.4, -0.2) is 90.8 Å². The number of hydrogen-bond acceptors (Lipinski definition) is 8. The Morgan fingerprint density at radius 3 is 2.70 bits per heavy atom. The molecule has 11 heteroatoms. The molecule has 2 heterocycles. The maximum absolute atomic E-state index is 13.1. The van der Waals surface area contributed by atoms with Crippen LogP contribution in [0.25, 0.3) is 11.6 Å². The summed E-state index contributed by atoms with van der Waals surface area (Å²) in [7, 11) is 1.83. The molecule has 2 aromatic rings. The van der Waals surface area contributed by atoms with Gasteiger partial charge in [-0.1, -0.05) is 30.3 Å². The molecule has 1 saturated carbocycles. The zero-order chi connectivity index (χ0) is 31.2. The third-order valence-corrected chi connectivity index (χ3v) is 8.58. The van der Waals surface area contributed by atoms with E-state index in [2.05, 4.69) is 22.9 Å². The second-order valence-corrected chi connectivity index (χ2v) is 11.7. The van der Waals surface area contributed by atoms with E-state index in [9.17, 15) is 9.59 Å². The van der Waals surface area contributed by atoms with E-state index in [-0.39, 0.29) is 24.6 Å². The molecule has 0 radical (unpaired) electrons. The molecule has 2 unspecified atom stereocenters. The van der Waals surface area contributed by atoms with E-state index in [1.54, 1.807) is 22.2 Å². The number of rotatable bonds is 11. The Hall–Kier alpha value is -3.86. The predicted octanol–water partition coefficient (Wildman–Crippen LogP) is 4.24. The first-order valence-corrected chi connectivity index (χ1v) is 15.5. The predicted molar refractivity (Wildman–Crippen MR) is 171 cm³/mol. The summed E-state index contributed by atoms with van der Waals surface area (Å²) < 4.78 is 11.0. The van der Waals surface area contributed by atoms with Gasteiger partial charge in [0, 0.05) is 57.3 Å². The van der Waals surface area contributed by atoms with Crippen LogP contribution < -0.4 is 11.1 Å². The molecule has 1 aromatic heterocycles. The number of halogens is 1. The van der Waals surface area contributed by atoms with Gasteiger partial charge in [-0.15, -0.1) is 0 Å². The topological polar surface area (TPSA) is 113 Å². The number of aromatic nitrogens is 1. The quantitative estimate of drug-likeness (QED) is 0.384. The van der Waals surface area contributed by atoms with Crippen molar-refractivity contribution in [1.82, 2.24) is 25.0 Å². The average Bonchev–Trinajstić information content (AvgIpc) is 3.88. The van der Waals surface area contributed by atoms with Gasteiger partial charge in [0.15, 0.2) is 0 Å². The summed E-state index contributed by atoms with van der Waals surface area (Å²) in [5.41, 5.74) is 11.3. The minimum absolute atomic E-state index is 0.0908. The van der Waals surface area contributed by atoms with Crippen molar-refractivity contribution >= 4 is 35.3 Å². The number of carbonyl (C=O) groups is 2. The number of nitrogens with one attached hydrogen (secondary N) is 1. The highest BCUT2D eigenvalue weighted by Gasteiger charge is 2.36. The van der Waals surface area contributed by atoms with Crippen LogP contribution in [0.5, 0.6) is 0 Å². The summed E-state index contributed by atoms with van der Waals surface area (Å²) in [6.07, 6.45) is 9.00. The summed E-state index contributed by atoms with van der Waals surface area (Å²) in [4.78, 5) is 36.6. The van der Waals surface area contributed by atoms with E-state index in [1.165, 1.54) is 6.20 Å². The molecule has 10 nitrogen and oxygen atoms in total. The number of hydrogen-bond donors (Lipinski definition) is 2. The minimum Gasteiger partial charge on any atom is -0.449 e. The van der Waals surface area contributed by atoms with Gasteiger partial charge >= 0.3 is 6.09 Å². The first-order valence-electron chi connectivity index (χ1n) is 15.1. The molecule has 5 rings (SSSR count). The van der Waals surface area contributed by atoms with Crippen molar-refractivity contribution in [3.63, 3.8) is 0 Å². The normalized spacial score (nSPS) is 19.2. The van der Waals surface area contributed by atoms with Crippen molar-refractivity contribution in [1.29, 1.82) is 0 Å². The van der Waals surface area contributed by atoms with Gasteiger partial charge in [0.05, 0.1) is 30.1 Å². The number of piperazine rings is 1. The van der Waals surface area contributed by atoms with Crippen molar-refractivity contribution in [2.45, 2.75) is 31.8 Å². The number of nitrogens with two attached hydrogens (primary N) is 1. The van der Waals surface area contributed by atoms with E-state index in [1.807, 2.05) is 44.3 Å². The molecule has 2 aliphatic carbocycles. The third kappa shape index (κ3) is 7.09. The summed E-state index contributed by atoms with van der Waals surface area (Å²) >= 11 is 6.64. The molecule has 2 amide bonds. The van der Waals surface area contributed by atoms with Crippen LogP contribution in [0.2, 0.25) is 5.02 Å². The fourth-order valence-electron chi connectivity index (χ4n) is 5.76. The zero-order valence-electron chi connectivity index (χ0n) is 25.4. The molecule has 234 valence electrons. The fraction of sp³-hybridized carbons (Fsp3) is 0.424. The monoisotopic (exact) mass is 620 g/mol. The zero-order valence-corrected chi connectivity index (χ0v) is 26.1. The molecule has 0 spiro atoms. The molecule has 1 aliphatic heterocycles. The molecule has 1 saturated heterocycles. The lowest BCUT2D eigenvalue weighted by Gasteiger charge is -2.39. The van der Waals surface area contributed by atoms with Gasteiger partial charge in [-0.2, -0.15) is 0 Å². The maximum Gasteiger partial charge on any atom is 0.409 e. The molecule has 3 N–H and O–H groups in total. The Morgan fingerprint density at radius 2 is 2.02 bits per heavy atom. The van der Waals surface area contributed by atoms with Gasteiger partial charge in [0.2, 0.25) is 5.91 Å². The summed E-state index contributed by atoms with van der Waals surface area (Å²) in [6.45, 7) is 8.95. The van der Waals surface area contributed by atoms with E-state index < -0.39 is 6.04 Å². The number of ether oxygens (including phenoxy) is 2. The van der Waals surface area contributed by atoms with Gasteiger partial charge in [-0.05, 0) is 78.4 Å². The number of nitrogens with zero attached hydrogens (tertiary/aromatic N) is 4. The number of likely N-dealkylation sites (N-methyl/N-ethyl adjacent to an activating group) is 1. The Balaban J connectivity index is 1.54. The molecular formula is C33H41ClN6O4. The smallest absolute Gasteiger partial charge is 0.409 e. The molecule has 0 bridgehead atoms. The van der Waals surface area contributed by atoms with Crippen LogP contribution in [-0.2, 0) is 14.3 Å². The first kappa shape index (κ1) is 31.6. The Labute approximate surface area is 264 Å². The largest absolute Gasteiger partial charge is 0.449 e. The number of amides is 2. The van der Waals surface area contributed by atoms with E-state index in [0.29, 0.717) is 56.0 Å². The van der Waals surface area contributed by atoms with Crippen molar-refractivity contribution in [3.05, 3.63) is 88.6 Å². The Kier molecular flexibility index (Phi) is 10.2. The van der Waals surface area contributed by atoms with Crippen LogP contribution in [0.15, 0.2) is 61.2 Å². The van der Waals surface area contributed by atoms with Crippen molar-refractivity contribution in [2.75, 3.05) is 53.0 Å². The van der Waals surface area contributed by atoms with Crippen LogP contribution in [0.3, 0.4) is 0 Å². The van der Waals surface area contributed by atoms with E-state index in [4.69, 9.17) is 31.8 Å². The summed E-state index contributed by atoms with van der Waals surface area (Å²) in [5.74, 6) is 0.238. The number of carbonyl (C=O) groups excluding carboxylic acids is 2. The van der Waals surface area contributed by atoms with Gasteiger partial charge in [0.1, 0.15) is 6.61 Å². The highest BCUT2D eigenvalue weighted by atomic mass is 35.5. The SMILES string of the molecule is C=CN(C)/C(=C\N)C(NC(=O)COCC)C1=Cc2cccnc2C(N2CCN(C(=O)OCC3CC3)CC2)c2ccc(Cl)cc21. The number of pyridine rings is 1. The second kappa shape index (κ2) is 14.3. The summed E-state index contributed by atoms with van der Waals surface area (Å²) in [5, 5.41) is 3.70. The summed E-state index contributed by atoms with van der Waals surface area (Å²) in [6, 6.07) is 8.88. The van der Waals surface area contributed by atoms with Gasteiger partial charge in [-0.25, -0.2) is 4.79 Å². The Morgan fingerprint density at radius 1 is 1.25 bits per heavy atom. The average molecular weight is 621 g/mol. The van der Waals surface area contributed by atoms with Gasteiger partial charge < -0.3 is 30.3 Å². The van der Waals surface area contributed by atoms with Crippen LogP contribution in [0.1, 0.15) is 48.2 Å². The number of fused-ring (bicyclic) bond motifs is 2. The molecule has 2 fully saturated rings. The van der Waals surface area contributed by atoms with Gasteiger partial charge in [0.25, 0.3) is 0 Å². The van der Waals surface area contributed by atoms with Crippen molar-refractivity contribution in [2.24, 2.45) is 11.7 Å². The standard InChI is InChI=1S/C33H41ClN6O4/c1-4-38(3)28(19-35)31(37-29(41)21-43-5-2)27-17-23-7-6-12-36-30(23)32(25-11-10-24(34)18-26(25)27)39-13-15-40(16-14-39)33(42)44-20-22-8-9-22/h4,6-7,10-12,17-19,22,31-32H,1,5,8-9,13-16,20-21,35H2,2-3H3,(H,37,41)/b28-19-. The highest BCUT2D eigenvalue weighted by molar-refractivity contribution is 6.30. The molecule has 2 atom stereocenters. The second-order valence-electron chi connectivity index (χ2n) is 11.3. The van der Waals surface area contributed by atoms with Crippen LogP contribution >= 0.6 is 11.6 Å². The Bertz CT molecular complexity index is 1430. The molecule has 1 aromatic carbocycles.